The predicted octanol–water partition coefficient (Wildman–Crippen LogP) is 3.43. The Bertz CT molecular complexity index is 743. The van der Waals surface area contributed by atoms with Gasteiger partial charge in [0.15, 0.2) is 5.03 Å². The van der Waals surface area contributed by atoms with Gasteiger partial charge in [0.05, 0.1) is 5.69 Å². The largest absolute Gasteiger partial charge is 0.334 e. The SMILES string of the molecule is CCn1cc(S(=O)(=O)Nc2ccc(Cl)cc2Br)nc1C. The van der Waals surface area contributed by atoms with Crippen molar-refractivity contribution < 1.29 is 8.42 Å². The zero-order valence-corrected chi connectivity index (χ0v) is 14.1. The average Bonchev–Trinajstić information content (AvgIpc) is 2.75. The fraction of sp³-hybridized carbons (Fsp3) is 0.250. The maximum absolute atomic E-state index is 12.3. The minimum atomic E-state index is -3.72. The molecule has 1 N–H and O–H groups in total. The number of nitrogens with one attached hydrogen (secondary N) is 1. The van der Waals surface area contributed by atoms with Crippen molar-refractivity contribution in [3.63, 3.8) is 0 Å². The third-order valence-electron chi connectivity index (χ3n) is 2.75. The van der Waals surface area contributed by atoms with Crippen molar-refractivity contribution in [1.82, 2.24) is 9.55 Å². The monoisotopic (exact) mass is 377 g/mol. The van der Waals surface area contributed by atoms with E-state index in [0.717, 1.165) is 0 Å². The molecule has 1 aromatic heterocycles. The molecule has 108 valence electrons. The number of benzene rings is 1. The minimum absolute atomic E-state index is 0.00120. The Labute approximate surface area is 131 Å². The Balaban J connectivity index is 2.35. The van der Waals surface area contributed by atoms with Crippen LogP contribution in [0.2, 0.25) is 5.02 Å². The fourth-order valence-corrected chi connectivity index (χ4v) is 3.70. The van der Waals surface area contributed by atoms with Gasteiger partial charge in [0.25, 0.3) is 10.0 Å². The summed E-state index contributed by atoms with van der Waals surface area (Å²) in [4.78, 5) is 4.07. The second kappa shape index (κ2) is 5.75. The Kier molecular flexibility index (Phi) is 4.41. The number of imidazole rings is 1. The molecule has 0 spiro atoms. The van der Waals surface area contributed by atoms with E-state index in [9.17, 15) is 8.42 Å². The molecule has 0 atom stereocenters. The summed E-state index contributed by atoms with van der Waals surface area (Å²) in [5.41, 5.74) is 0.415. The molecule has 0 fully saturated rings. The molecule has 20 heavy (non-hydrogen) atoms. The van der Waals surface area contributed by atoms with Crippen molar-refractivity contribution in [2.45, 2.75) is 25.4 Å². The Morgan fingerprint density at radius 2 is 2.15 bits per heavy atom. The summed E-state index contributed by atoms with van der Waals surface area (Å²) in [5.74, 6) is 0.656. The van der Waals surface area contributed by atoms with Crippen molar-refractivity contribution >= 4 is 43.2 Å². The molecule has 2 rings (SSSR count). The van der Waals surface area contributed by atoms with E-state index >= 15 is 0 Å². The molecular formula is C12H13BrClN3O2S. The summed E-state index contributed by atoms with van der Waals surface area (Å²) >= 11 is 9.09. The van der Waals surface area contributed by atoms with Crippen LogP contribution in [-0.2, 0) is 16.6 Å². The molecule has 0 aliphatic heterocycles. The van der Waals surface area contributed by atoms with Crippen LogP contribution in [0.15, 0.2) is 33.9 Å². The van der Waals surface area contributed by atoms with Crippen LogP contribution < -0.4 is 4.72 Å². The van der Waals surface area contributed by atoms with Crippen molar-refractivity contribution in [3.05, 3.63) is 39.7 Å². The third-order valence-corrected chi connectivity index (χ3v) is 4.87. The van der Waals surface area contributed by atoms with Crippen LogP contribution >= 0.6 is 27.5 Å². The van der Waals surface area contributed by atoms with Crippen LogP contribution in [0.25, 0.3) is 0 Å². The summed E-state index contributed by atoms with van der Waals surface area (Å²) in [6, 6.07) is 4.82. The summed E-state index contributed by atoms with van der Waals surface area (Å²) in [6.45, 7) is 4.36. The van der Waals surface area contributed by atoms with E-state index in [1.54, 1.807) is 29.7 Å². The standard InChI is InChI=1S/C12H13BrClN3O2S/c1-3-17-7-12(15-8(17)2)20(18,19)16-11-5-4-9(14)6-10(11)13/h4-7,16H,3H2,1-2H3. The van der Waals surface area contributed by atoms with Gasteiger partial charge in [0.1, 0.15) is 5.82 Å². The summed E-state index contributed by atoms with van der Waals surface area (Å²) in [7, 11) is -3.72. The molecule has 0 bridgehead atoms. The van der Waals surface area contributed by atoms with E-state index < -0.39 is 10.0 Å². The molecule has 2 aromatic rings. The zero-order valence-electron chi connectivity index (χ0n) is 10.9. The van der Waals surface area contributed by atoms with Gasteiger partial charge in [0, 0.05) is 22.2 Å². The molecule has 0 saturated heterocycles. The first-order valence-electron chi connectivity index (χ1n) is 5.85. The van der Waals surface area contributed by atoms with Crippen molar-refractivity contribution in [1.29, 1.82) is 0 Å². The van der Waals surface area contributed by atoms with Gasteiger partial charge < -0.3 is 4.57 Å². The van der Waals surface area contributed by atoms with Crippen LogP contribution in [0.4, 0.5) is 5.69 Å². The van der Waals surface area contributed by atoms with E-state index in [0.29, 0.717) is 27.6 Å². The number of sulfonamides is 1. The van der Waals surface area contributed by atoms with Crippen LogP contribution in [0.3, 0.4) is 0 Å². The number of aromatic nitrogens is 2. The normalized spacial score (nSPS) is 11.6. The van der Waals surface area contributed by atoms with Gasteiger partial charge in [-0.3, -0.25) is 4.72 Å². The van der Waals surface area contributed by atoms with Crippen LogP contribution in [0, 0.1) is 6.92 Å². The maximum atomic E-state index is 12.3. The lowest BCUT2D eigenvalue weighted by atomic mass is 10.3. The highest BCUT2D eigenvalue weighted by molar-refractivity contribution is 9.10. The van der Waals surface area contributed by atoms with Crippen LogP contribution in [0.1, 0.15) is 12.7 Å². The molecule has 0 amide bonds. The third kappa shape index (κ3) is 3.16. The van der Waals surface area contributed by atoms with E-state index in [1.165, 1.54) is 6.20 Å². The first-order valence-corrected chi connectivity index (χ1v) is 8.50. The second-order valence-electron chi connectivity index (χ2n) is 4.14. The molecule has 0 saturated carbocycles. The zero-order chi connectivity index (χ0) is 14.9. The number of aryl methyl sites for hydroxylation is 2. The Hall–Kier alpha value is -1.05. The number of hydrogen-bond acceptors (Lipinski definition) is 3. The lowest BCUT2D eigenvalue weighted by molar-refractivity contribution is 0.598. The minimum Gasteiger partial charge on any atom is -0.334 e. The lowest BCUT2D eigenvalue weighted by Gasteiger charge is -2.08. The maximum Gasteiger partial charge on any atom is 0.280 e. The van der Waals surface area contributed by atoms with Gasteiger partial charge >= 0.3 is 0 Å². The number of rotatable bonds is 4. The van der Waals surface area contributed by atoms with Gasteiger partial charge in [-0.1, -0.05) is 11.6 Å². The summed E-state index contributed by atoms with van der Waals surface area (Å²) in [5, 5.41) is 0.518. The average molecular weight is 379 g/mol. The molecule has 0 unspecified atom stereocenters. The number of halogens is 2. The lowest BCUT2D eigenvalue weighted by Crippen LogP contribution is -2.13. The molecule has 0 radical (unpaired) electrons. The number of nitrogens with zero attached hydrogens (tertiary/aromatic N) is 2. The van der Waals surface area contributed by atoms with E-state index in [2.05, 4.69) is 25.6 Å². The van der Waals surface area contributed by atoms with Gasteiger partial charge in [-0.15, -0.1) is 0 Å². The topological polar surface area (TPSA) is 64.0 Å². The predicted molar refractivity (Wildman–Crippen MR) is 82.6 cm³/mol. The Morgan fingerprint density at radius 3 is 2.70 bits per heavy atom. The van der Waals surface area contributed by atoms with Crippen molar-refractivity contribution in [3.8, 4) is 0 Å². The highest BCUT2D eigenvalue weighted by Crippen LogP contribution is 2.27. The van der Waals surface area contributed by atoms with E-state index in [4.69, 9.17) is 11.6 Å². The van der Waals surface area contributed by atoms with Crippen molar-refractivity contribution in [2.24, 2.45) is 0 Å². The second-order valence-corrected chi connectivity index (χ2v) is 7.06. The van der Waals surface area contributed by atoms with Gasteiger partial charge in [-0.2, -0.15) is 8.42 Å². The quantitative estimate of drug-likeness (QED) is 0.886. The smallest absolute Gasteiger partial charge is 0.280 e. The molecule has 0 aliphatic rings. The molecule has 1 heterocycles. The van der Waals surface area contributed by atoms with Gasteiger partial charge in [0.2, 0.25) is 0 Å². The first kappa shape index (κ1) is 15.3. The molecule has 1 aromatic carbocycles. The molecule has 5 nitrogen and oxygen atoms in total. The summed E-state index contributed by atoms with van der Waals surface area (Å²) < 4.78 is 29.4. The highest BCUT2D eigenvalue weighted by Gasteiger charge is 2.20. The molecule has 0 aliphatic carbocycles. The number of hydrogen-bond donors (Lipinski definition) is 1. The Morgan fingerprint density at radius 1 is 1.45 bits per heavy atom. The fourth-order valence-electron chi connectivity index (χ4n) is 1.70. The van der Waals surface area contributed by atoms with E-state index in [1.807, 2.05) is 6.92 Å². The van der Waals surface area contributed by atoms with Gasteiger partial charge in [-0.05, 0) is 48.0 Å². The van der Waals surface area contributed by atoms with Crippen molar-refractivity contribution in [2.75, 3.05) is 4.72 Å². The van der Waals surface area contributed by atoms with E-state index in [-0.39, 0.29) is 5.03 Å². The summed E-state index contributed by atoms with van der Waals surface area (Å²) in [6.07, 6.45) is 1.52. The van der Waals surface area contributed by atoms with Crippen LogP contribution in [0.5, 0.6) is 0 Å². The first-order chi connectivity index (χ1) is 9.33. The van der Waals surface area contributed by atoms with Gasteiger partial charge in [-0.25, -0.2) is 4.98 Å². The van der Waals surface area contributed by atoms with Crippen LogP contribution in [-0.4, -0.2) is 18.0 Å². The number of anilines is 1. The highest BCUT2D eigenvalue weighted by atomic mass is 79.9. The molecular weight excluding hydrogens is 366 g/mol. The molecule has 8 heteroatoms.